The molecule has 1 rings (SSSR count). The Balaban J connectivity index is 3.09. The zero-order valence-corrected chi connectivity index (χ0v) is 7.96. The quantitative estimate of drug-likeness (QED) is 0.462. The molecule has 3 nitrogen and oxygen atoms in total. The van der Waals surface area contributed by atoms with Gasteiger partial charge in [0.15, 0.2) is 11.6 Å². The molecule has 1 aromatic carbocycles. The maximum absolute atomic E-state index is 13.2. The highest BCUT2D eigenvalue weighted by Gasteiger charge is 2.09. The van der Waals surface area contributed by atoms with Crippen LogP contribution in [-0.2, 0) is 9.53 Å². The van der Waals surface area contributed by atoms with Crippen molar-refractivity contribution in [3.05, 3.63) is 35.4 Å². The number of rotatable bonds is 2. The predicted molar refractivity (Wildman–Crippen MR) is 51.8 cm³/mol. The first kappa shape index (κ1) is 11.2. The largest absolute Gasteiger partial charge is 0.466 e. The molecule has 0 saturated carbocycles. The summed E-state index contributed by atoms with van der Waals surface area (Å²) in [7, 11) is 1.18. The van der Waals surface area contributed by atoms with Crippen LogP contribution < -0.4 is 5.73 Å². The fourth-order valence-electron chi connectivity index (χ4n) is 0.970. The van der Waals surface area contributed by atoms with Crippen molar-refractivity contribution < 1.29 is 18.3 Å². The lowest BCUT2D eigenvalue weighted by molar-refractivity contribution is -0.134. The minimum atomic E-state index is -1.09. The summed E-state index contributed by atoms with van der Waals surface area (Å²) in [4.78, 5) is 10.7. The summed E-state index contributed by atoms with van der Waals surface area (Å²) in [5.74, 6) is -2.78. The van der Waals surface area contributed by atoms with Gasteiger partial charge >= 0.3 is 5.97 Å². The molecule has 1 aromatic rings. The molecule has 0 aromatic heterocycles. The van der Waals surface area contributed by atoms with Gasteiger partial charge in [-0.15, -0.1) is 0 Å². The van der Waals surface area contributed by atoms with Crippen molar-refractivity contribution in [2.24, 2.45) is 0 Å². The van der Waals surface area contributed by atoms with Crippen LogP contribution in [0.5, 0.6) is 0 Å². The molecule has 0 unspecified atom stereocenters. The van der Waals surface area contributed by atoms with Gasteiger partial charge in [0.1, 0.15) is 0 Å². The minimum absolute atomic E-state index is 0.0500. The van der Waals surface area contributed by atoms with Gasteiger partial charge in [0.05, 0.1) is 7.11 Å². The summed E-state index contributed by atoms with van der Waals surface area (Å²) in [6.07, 6.45) is 2.04. The van der Waals surface area contributed by atoms with Gasteiger partial charge in [-0.05, 0) is 18.2 Å². The molecule has 0 amide bonds. The average molecular weight is 213 g/mol. The van der Waals surface area contributed by atoms with Crippen LogP contribution in [0.2, 0.25) is 0 Å². The molecule has 0 fully saturated rings. The molecular weight excluding hydrogens is 204 g/mol. The molecule has 0 aliphatic heterocycles. The molecule has 0 bridgehead atoms. The van der Waals surface area contributed by atoms with Crippen LogP contribution in [0.4, 0.5) is 14.5 Å². The van der Waals surface area contributed by atoms with Crippen molar-refractivity contribution in [2.45, 2.75) is 0 Å². The highest BCUT2D eigenvalue weighted by atomic mass is 19.2. The number of carbonyl (C=O) groups excluding carboxylic acids is 1. The Morgan fingerprint density at radius 3 is 2.73 bits per heavy atom. The normalized spacial score (nSPS) is 10.6. The average Bonchev–Trinajstić information content (AvgIpc) is 2.23. The van der Waals surface area contributed by atoms with Crippen LogP contribution in [0.1, 0.15) is 5.56 Å². The predicted octanol–water partition coefficient (Wildman–Crippen LogP) is 1.73. The Labute approximate surface area is 85.1 Å². The van der Waals surface area contributed by atoms with E-state index in [1.54, 1.807) is 0 Å². The maximum Gasteiger partial charge on any atom is 0.330 e. The van der Waals surface area contributed by atoms with Crippen molar-refractivity contribution in [1.29, 1.82) is 0 Å². The summed E-state index contributed by atoms with van der Waals surface area (Å²) in [6, 6.07) is 2.13. The molecule has 0 aliphatic carbocycles. The standard InChI is InChI=1S/C10H9F2NO2/c1-15-9(14)5-2-6-8(13)4-3-7(11)10(6)12/h2-5H,13H2,1H3. The Morgan fingerprint density at radius 2 is 2.13 bits per heavy atom. The molecular formula is C10H9F2NO2. The van der Waals surface area contributed by atoms with E-state index in [-0.39, 0.29) is 11.3 Å². The van der Waals surface area contributed by atoms with Gasteiger partial charge in [0, 0.05) is 17.3 Å². The number of carbonyl (C=O) groups is 1. The van der Waals surface area contributed by atoms with E-state index < -0.39 is 17.6 Å². The third kappa shape index (κ3) is 2.52. The first-order valence-electron chi connectivity index (χ1n) is 4.05. The zero-order valence-electron chi connectivity index (χ0n) is 7.96. The van der Waals surface area contributed by atoms with Crippen LogP contribution in [-0.4, -0.2) is 13.1 Å². The van der Waals surface area contributed by atoms with E-state index in [2.05, 4.69) is 4.74 Å². The summed E-state index contributed by atoms with van der Waals surface area (Å²) in [6.45, 7) is 0. The zero-order chi connectivity index (χ0) is 11.4. The van der Waals surface area contributed by atoms with Gasteiger partial charge in [-0.25, -0.2) is 13.6 Å². The molecule has 0 saturated heterocycles. The summed E-state index contributed by atoms with van der Waals surface area (Å²) >= 11 is 0. The lowest BCUT2D eigenvalue weighted by Gasteiger charge is -2.02. The summed E-state index contributed by atoms with van der Waals surface area (Å²) in [5, 5.41) is 0. The van der Waals surface area contributed by atoms with E-state index in [9.17, 15) is 13.6 Å². The van der Waals surface area contributed by atoms with Crippen molar-refractivity contribution in [1.82, 2.24) is 0 Å². The number of ether oxygens (including phenoxy) is 1. The molecule has 0 spiro atoms. The molecule has 15 heavy (non-hydrogen) atoms. The fourth-order valence-corrected chi connectivity index (χ4v) is 0.970. The highest BCUT2D eigenvalue weighted by Crippen LogP contribution is 2.20. The number of methoxy groups -OCH3 is 1. The molecule has 0 heterocycles. The van der Waals surface area contributed by atoms with Gasteiger partial charge in [-0.1, -0.05) is 0 Å². The molecule has 0 radical (unpaired) electrons. The van der Waals surface area contributed by atoms with E-state index in [1.807, 2.05) is 0 Å². The van der Waals surface area contributed by atoms with E-state index in [0.29, 0.717) is 0 Å². The highest BCUT2D eigenvalue weighted by molar-refractivity contribution is 5.88. The summed E-state index contributed by atoms with van der Waals surface area (Å²) < 4.78 is 30.2. The SMILES string of the molecule is COC(=O)C=Cc1c(N)ccc(F)c1F. The number of nitrogen functional groups attached to an aromatic ring is 1. The number of hydrogen-bond donors (Lipinski definition) is 1. The second kappa shape index (κ2) is 4.54. The van der Waals surface area contributed by atoms with E-state index in [1.165, 1.54) is 13.2 Å². The van der Waals surface area contributed by atoms with Crippen molar-refractivity contribution in [3.63, 3.8) is 0 Å². The summed E-state index contributed by atoms with van der Waals surface area (Å²) in [5.41, 5.74) is 5.29. The topological polar surface area (TPSA) is 52.3 Å². The third-order valence-electron chi connectivity index (χ3n) is 1.75. The first-order chi connectivity index (χ1) is 7.06. The Kier molecular flexibility index (Phi) is 3.38. The van der Waals surface area contributed by atoms with Crippen LogP contribution in [0.25, 0.3) is 6.08 Å². The number of halogens is 2. The smallest absolute Gasteiger partial charge is 0.330 e. The Hall–Kier alpha value is -1.91. The molecule has 2 N–H and O–H groups in total. The number of nitrogens with two attached hydrogens (primary N) is 1. The van der Waals surface area contributed by atoms with Crippen molar-refractivity contribution in [2.75, 3.05) is 12.8 Å². The van der Waals surface area contributed by atoms with Gasteiger partial charge in [0.25, 0.3) is 0 Å². The number of esters is 1. The second-order valence-electron chi connectivity index (χ2n) is 2.72. The van der Waals surface area contributed by atoms with Gasteiger partial charge in [-0.3, -0.25) is 0 Å². The van der Waals surface area contributed by atoms with Gasteiger partial charge < -0.3 is 10.5 Å². The van der Waals surface area contributed by atoms with Crippen LogP contribution >= 0.6 is 0 Å². The molecule has 0 atom stereocenters. The lowest BCUT2D eigenvalue weighted by Crippen LogP contribution is -1.98. The lowest BCUT2D eigenvalue weighted by atomic mass is 10.1. The van der Waals surface area contributed by atoms with Crippen LogP contribution in [0, 0.1) is 11.6 Å². The Morgan fingerprint density at radius 1 is 1.47 bits per heavy atom. The number of hydrogen-bond acceptors (Lipinski definition) is 3. The van der Waals surface area contributed by atoms with Gasteiger partial charge in [-0.2, -0.15) is 0 Å². The second-order valence-corrected chi connectivity index (χ2v) is 2.72. The third-order valence-corrected chi connectivity index (χ3v) is 1.75. The van der Waals surface area contributed by atoms with Crippen molar-refractivity contribution >= 4 is 17.7 Å². The van der Waals surface area contributed by atoms with Crippen molar-refractivity contribution in [3.8, 4) is 0 Å². The number of benzene rings is 1. The van der Waals surface area contributed by atoms with Crippen LogP contribution in [0.15, 0.2) is 18.2 Å². The molecule has 5 heteroatoms. The molecule has 80 valence electrons. The van der Waals surface area contributed by atoms with Crippen LogP contribution in [0.3, 0.4) is 0 Å². The van der Waals surface area contributed by atoms with E-state index in [0.717, 1.165) is 18.2 Å². The first-order valence-corrected chi connectivity index (χ1v) is 4.05. The van der Waals surface area contributed by atoms with E-state index in [4.69, 9.17) is 5.73 Å². The molecule has 0 aliphatic rings. The van der Waals surface area contributed by atoms with Gasteiger partial charge in [0.2, 0.25) is 0 Å². The Bertz CT molecular complexity index is 416. The van der Waals surface area contributed by atoms with E-state index >= 15 is 0 Å². The number of anilines is 1. The minimum Gasteiger partial charge on any atom is -0.466 e. The maximum atomic E-state index is 13.2. The fraction of sp³-hybridized carbons (Fsp3) is 0.100. The monoisotopic (exact) mass is 213 g/mol.